The summed E-state index contributed by atoms with van der Waals surface area (Å²) >= 11 is 0. The summed E-state index contributed by atoms with van der Waals surface area (Å²) in [6, 6.07) is 0. The van der Waals surface area contributed by atoms with Crippen LogP contribution in [0.2, 0.25) is 0 Å². The zero-order valence-electron chi connectivity index (χ0n) is 12.5. The Hall–Kier alpha value is -1.24. The minimum Gasteiger partial charge on any atom is -0.377 e. The molecule has 0 aromatic rings. The predicted octanol–water partition coefficient (Wildman–Crippen LogP) is 4.95. The van der Waals surface area contributed by atoms with Gasteiger partial charge in [-0.1, -0.05) is 58.1 Å². The maximum atomic E-state index is 4.04. The van der Waals surface area contributed by atoms with Gasteiger partial charge in [-0.2, -0.15) is 0 Å². The van der Waals surface area contributed by atoms with E-state index in [4.69, 9.17) is 0 Å². The van der Waals surface area contributed by atoms with Gasteiger partial charge < -0.3 is 4.90 Å². The molecule has 0 atom stereocenters. The van der Waals surface area contributed by atoms with Crippen molar-refractivity contribution in [2.75, 3.05) is 14.1 Å². The fraction of sp³-hybridized carbons (Fsp3) is 0.500. The summed E-state index contributed by atoms with van der Waals surface area (Å²) in [5.74, 6) is 0. The number of hydrogen-bond acceptors (Lipinski definition) is 1. The minimum absolute atomic E-state index is 1.06. The van der Waals surface area contributed by atoms with Gasteiger partial charge in [0.25, 0.3) is 0 Å². The van der Waals surface area contributed by atoms with Crippen molar-refractivity contribution >= 4 is 0 Å². The van der Waals surface area contributed by atoms with Gasteiger partial charge in [-0.3, -0.25) is 0 Å². The van der Waals surface area contributed by atoms with E-state index in [1.54, 1.807) is 0 Å². The molecule has 0 N–H and O–H groups in total. The summed E-state index contributed by atoms with van der Waals surface area (Å²) in [5.41, 5.74) is 3.60. The van der Waals surface area contributed by atoms with Crippen LogP contribution in [0, 0.1) is 0 Å². The van der Waals surface area contributed by atoms with Gasteiger partial charge in [-0.05, 0) is 25.0 Å². The topological polar surface area (TPSA) is 3.24 Å². The van der Waals surface area contributed by atoms with Crippen LogP contribution in [0.5, 0.6) is 0 Å². The van der Waals surface area contributed by atoms with Gasteiger partial charge >= 0.3 is 0 Å². The molecule has 0 aromatic heterocycles. The van der Waals surface area contributed by atoms with E-state index in [1.165, 1.54) is 16.8 Å². The van der Waals surface area contributed by atoms with Crippen LogP contribution in [0.4, 0.5) is 0 Å². The van der Waals surface area contributed by atoms with Crippen LogP contribution in [0.25, 0.3) is 0 Å². The molecular weight excluding hydrogens is 206 g/mol. The highest BCUT2D eigenvalue weighted by atomic mass is 15.1. The highest BCUT2D eigenvalue weighted by Crippen LogP contribution is 2.15. The van der Waals surface area contributed by atoms with Crippen molar-refractivity contribution in [2.45, 2.75) is 40.5 Å². The summed E-state index contributed by atoms with van der Waals surface area (Å²) < 4.78 is 0. The van der Waals surface area contributed by atoms with Crippen LogP contribution < -0.4 is 0 Å². The van der Waals surface area contributed by atoms with Gasteiger partial charge in [-0.25, -0.2) is 0 Å². The Balaban J connectivity index is 0. The molecule has 0 saturated heterocycles. The Morgan fingerprint density at radius 3 is 2.12 bits per heavy atom. The van der Waals surface area contributed by atoms with Crippen molar-refractivity contribution in [1.82, 2.24) is 4.90 Å². The Labute approximate surface area is 108 Å². The Bertz CT molecular complexity index is 280. The van der Waals surface area contributed by atoms with E-state index in [0.29, 0.717) is 0 Å². The van der Waals surface area contributed by atoms with Crippen molar-refractivity contribution < 1.29 is 0 Å². The van der Waals surface area contributed by atoms with Crippen LogP contribution in [0.15, 0.2) is 48.2 Å². The SMILES string of the molecule is C=C/C=C(/C(C)=C/C(=C)CCC)N(C)C.CC. The van der Waals surface area contributed by atoms with E-state index in [2.05, 4.69) is 38.0 Å². The normalized spacial score (nSPS) is 11.4. The Morgan fingerprint density at radius 1 is 1.24 bits per heavy atom. The van der Waals surface area contributed by atoms with Crippen LogP contribution >= 0.6 is 0 Å². The molecule has 0 fully saturated rings. The van der Waals surface area contributed by atoms with Gasteiger partial charge in [0.15, 0.2) is 0 Å². The zero-order valence-corrected chi connectivity index (χ0v) is 12.5. The van der Waals surface area contributed by atoms with E-state index in [9.17, 15) is 0 Å². The number of likely N-dealkylation sites (N-methyl/N-ethyl adjacent to an activating group) is 1. The lowest BCUT2D eigenvalue weighted by molar-refractivity contribution is 0.521. The molecule has 98 valence electrons. The monoisotopic (exact) mass is 235 g/mol. The largest absolute Gasteiger partial charge is 0.377 e. The van der Waals surface area contributed by atoms with E-state index >= 15 is 0 Å². The predicted molar refractivity (Wildman–Crippen MR) is 81.1 cm³/mol. The Kier molecular flexibility index (Phi) is 12.0. The van der Waals surface area contributed by atoms with Crippen molar-refractivity contribution in [3.8, 4) is 0 Å². The van der Waals surface area contributed by atoms with Crippen molar-refractivity contribution in [1.29, 1.82) is 0 Å². The van der Waals surface area contributed by atoms with Crippen LogP contribution in [-0.4, -0.2) is 19.0 Å². The fourth-order valence-electron chi connectivity index (χ4n) is 1.52. The highest BCUT2D eigenvalue weighted by molar-refractivity contribution is 5.35. The summed E-state index contributed by atoms with van der Waals surface area (Å²) in [6.45, 7) is 16.0. The molecule has 0 saturated carbocycles. The average molecular weight is 235 g/mol. The van der Waals surface area contributed by atoms with Crippen LogP contribution in [0.1, 0.15) is 40.5 Å². The lowest BCUT2D eigenvalue weighted by Gasteiger charge is -2.17. The quantitative estimate of drug-likeness (QED) is 0.589. The molecule has 0 unspecified atom stereocenters. The van der Waals surface area contributed by atoms with Crippen molar-refractivity contribution in [3.05, 3.63) is 48.2 Å². The van der Waals surface area contributed by atoms with Crippen LogP contribution in [-0.2, 0) is 0 Å². The fourth-order valence-corrected chi connectivity index (χ4v) is 1.52. The molecule has 1 heteroatoms. The highest BCUT2D eigenvalue weighted by Gasteiger charge is 2.01. The first kappa shape index (κ1) is 18.1. The van der Waals surface area contributed by atoms with Gasteiger partial charge in [0.1, 0.15) is 0 Å². The third-order valence-electron chi connectivity index (χ3n) is 2.15. The second-order valence-electron chi connectivity index (χ2n) is 3.92. The summed E-state index contributed by atoms with van der Waals surface area (Å²) in [7, 11) is 4.07. The molecule has 0 aliphatic heterocycles. The third kappa shape index (κ3) is 8.56. The Morgan fingerprint density at radius 2 is 1.76 bits per heavy atom. The van der Waals surface area contributed by atoms with E-state index in [0.717, 1.165) is 12.8 Å². The zero-order chi connectivity index (χ0) is 13.8. The molecule has 0 bridgehead atoms. The lowest BCUT2D eigenvalue weighted by Crippen LogP contribution is -2.11. The first-order chi connectivity index (χ1) is 8.02. The van der Waals surface area contributed by atoms with Crippen molar-refractivity contribution in [3.63, 3.8) is 0 Å². The number of nitrogens with zero attached hydrogens (tertiary/aromatic N) is 1. The molecule has 0 spiro atoms. The molecule has 0 radical (unpaired) electrons. The summed E-state index contributed by atoms with van der Waals surface area (Å²) in [4.78, 5) is 2.09. The molecular formula is C16H29N. The van der Waals surface area contributed by atoms with E-state index in [1.807, 2.05) is 40.1 Å². The van der Waals surface area contributed by atoms with Gasteiger partial charge in [0, 0.05) is 19.8 Å². The van der Waals surface area contributed by atoms with Gasteiger partial charge in [0.2, 0.25) is 0 Å². The molecule has 0 amide bonds. The maximum absolute atomic E-state index is 4.04. The van der Waals surface area contributed by atoms with Crippen LogP contribution in [0.3, 0.4) is 0 Å². The van der Waals surface area contributed by atoms with E-state index in [-0.39, 0.29) is 0 Å². The molecule has 1 nitrogen and oxygen atoms in total. The maximum Gasteiger partial charge on any atom is 0.0390 e. The third-order valence-corrected chi connectivity index (χ3v) is 2.15. The summed E-state index contributed by atoms with van der Waals surface area (Å²) in [6.07, 6.45) is 8.19. The molecule has 0 aliphatic rings. The molecule has 0 aliphatic carbocycles. The van der Waals surface area contributed by atoms with E-state index < -0.39 is 0 Å². The minimum atomic E-state index is 1.06. The first-order valence-electron chi connectivity index (χ1n) is 6.39. The smallest absolute Gasteiger partial charge is 0.0390 e. The van der Waals surface area contributed by atoms with Crippen molar-refractivity contribution in [2.24, 2.45) is 0 Å². The molecule has 0 aromatic carbocycles. The van der Waals surface area contributed by atoms with Gasteiger partial charge in [0.05, 0.1) is 0 Å². The van der Waals surface area contributed by atoms with Gasteiger partial charge in [-0.15, -0.1) is 0 Å². The average Bonchev–Trinajstić information content (AvgIpc) is 2.28. The lowest BCUT2D eigenvalue weighted by atomic mass is 10.1. The second-order valence-corrected chi connectivity index (χ2v) is 3.92. The standard InChI is InChI=1S/C14H23N.C2H6/c1-7-9-12(3)11-13(4)14(10-8-2)15(5)6;1-2/h8,10-11H,2-3,7,9H2,1,4-6H3;1-2H3/b13-11+,14-10-;. The summed E-state index contributed by atoms with van der Waals surface area (Å²) in [5, 5.41) is 0. The second kappa shape index (κ2) is 11.3. The number of allylic oxidation sites excluding steroid dienone is 5. The molecule has 17 heavy (non-hydrogen) atoms. The molecule has 0 heterocycles. The number of rotatable bonds is 6. The number of hydrogen-bond donors (Lipinski definition) is 0. The molecule has 0 rings (SSSR count). The first-order valence-corrected chi connectivity index (χ1v) is 6.39.